The van der Waals surface area contributed by atoms with Crippen molar-refractivity contribution in [3.05, 3.63) is 81.6 Å². The molecule has 0 radical (unpaired) electrons. The molecule has 3 aromatic rings. The van der Waals surface area contributed by atoms with Crippen molar-refractivity contribution in [2.24, 2.45) is 0 Å². The Labute approximate surface area is 180 Å². The third-order valence-corrected chi connectivity index (χ3v) is 4.73. The van der Waals surface area contributed by atoms with Crippen LogP contribution < -0.4 is 5.56 Å². The highest BCUT2D eigenvalue weighted by molar-refractivity contribution is 6.03. The minimum atomic E-state index is -1.18. The lowest BCUT2D eigenvalue weighted by Crippen LogP contribution is -2.38. The molecule has 7 nitrogen and oxygen atoms in total. The van der Waals surface area contributed by atoms with Crippen molar-refractivity contribution in [2.75, 3.05) is 6.54 Å². The summed E-state index contributed by atoms with van der Waals surface area (Å²) in [6.07, 6.45) is -0.445. The molecular weight excluding hydrogens is 396 g/mol. The van der Waals surface area contributed by atoms with E-state index in [1.165, 1.54) is 4.90 Å². The Balaban J connectivity index is 1.93. The van der Waals surface area contributed by atoms with Gasteiger partial charge in [0, 0.05) is 29.6 Å². The van der Waals surface area contributed by atoms with Crippen LogP contribution >= 0.6 is 0 Å². The van der Waals surface area contributed by atoms with E-state index in [4.69, 9.17) is 4.74 Å². The van der Waals surface area contributed by atoms with E-state index in [2.05, 4.69) is 4.98 Å². The van der Waals surface area contributed by atoms with Crippen molar-refractivity contribution in [2.45, 2.75) is 39.3 Å². The molecule has 0 saturated heterocycles. The summed E-state index contributed by atoms with van der Waals surface area (Å²) in [6, 6.07) is 16.2. The second-order valence-corrected chi connectivity index (χ2v) is 8.30. The number of para-hydroxylation sites is 1. The molecule has 0 atom stereocenters. The number of hydrogen-bond acceptors (Lipinski definition) is 4. The first-order chi connectivity index (χ1) is 14.7. The van der Waals surface area contributed by atoms with Gasteiger partial charge in [0.15, 0.2) is 0 Å². The molecule has 3 rings (SSSR count). The van der Waals surface area contributed by atoms with E-state index in [1.54, 1.807) is 45.0 Å². The first-order valence-corrected chi connectivity index (χ1v) is 10.0. The third-order valence-electron chi connectivity index (χ3n) is 4.73. The predicted octanol–water partition coefficient (Wildman–Crippen LogP) is 4.21. The maximum atomic E-state index is 12.8. The number of carbonyl (C=O) groups is 2. The normalized spacial score (nSPS) is 11.3. The number of carbonyl (C=O) groups excluding carboxylic acids is 1. The van der Waals surface area contributed by atoms with Gasteiger partial charge < -0.3 is 19.7 Å². The van der Waals surface area contributed by atoms with Crippen molar-refractivity contribution >= 4 is 23.0 Å². The first-order valence-electron chi connectivity index (χ1n) is 10.0. The van der Waals surface area contributed by atoms with E-state index >= 15 is 0 Å². The molecule has 0 aliphatic carbocycles. The number of hydrogen-bond donors (Lipinski definition) is 2. The van der Waals surface area contributed by atoms with Crippen molar-refractivity contribution < 1.29 is 19.4 Å². The molecule has 0 unspecified atom stereocenters. The van der Waals surface area contributed by atoms with Crippen LogP contribution in [0.3, 0.4) is 0 Å². The van der Waals surface area contributed by atoms with Crippen molar-refractivity contribution in [1.82, 2.24) is 9.88 Å². The van der Waals surface area contributed by atoms with E-state index in [0.717, 1.165) is 5.56 Å². The van der Waals surface area contributed by atoms with E-state index in [-0.39, 0.29) is 30.6 Å². The van der Waals surface area contributed by atoms with Gasteiger partial charge in [0.25, 0.3) is 5.56 Å². The van der Waals surface area contributed by atoms with Gasteiger partial charge in [-0.2, -0.15) is 0 Å². The fourth-order valence-electron chi connectivity index (χ4n) is 3.38. The van der Waals surface area contributed by atoms with Gasteiger partial charge in [0.05, 0.1) is 5.56 Å². The van der Waals surface area contributed by atoms with Gasteiger partial charge in [-0.25, -0.2) is 9.59 Å². The third kappa shape index (κ3) is 5.51. The number of carboxylic acid groups (broad SMARTS) is 1. The summed E-state index contributed by atoms with van der Waals surface area (Å²) in [5.74, 6) is -1.18. The lowest BCUT2D eigenvalue weighted by atomic mass is 10.0. The molecule has 0 aliphatic rings. The molecule has 2 N–H and O–H groups in total. The van der Waals surface area contributed by atoms with Crippen LogP contribution in [0.4, 0.5) is 4.79 Å². The summed E-state index contributed by atoms with van der Waals surface area (Å²) in [4.78, 5) is 41.7. The van der Waals surface area contributed by atoms with Crippen LogP contribution in [-0.4, -0.2) is 39.2 Å². The number of nitrogens with one attached hydrogen (secondary N) is 1. The SMILES string of the molecule is CC(C)(C)OC(=O)N(CCc1c(C(=O)O)c2ccccc2[nH]c1=O)Cc1ccccc1. The Kier molecular flexibility index (Phi) is 6.44. The number of nitrogens with zero attached hydrogens (tertiary/aromatic N) is 1. The topological polar surface area (TPSA) is 99.7 Å². The average Bonchev–Trinajstić information content (AvgIpc) is 2.70. The second-order valence-electron chi connectivity index (χ2n) is 8.30. The fourth-order valence-corrected chi connectivity index (χ4v) is 3.38. The molecule has 1 heterocycles. The monoisotopic (exact) mass is 422 g/mol. The number of fused-ring (bicyclic) bond motifs is 1. The lowest BCUT2D eigenvalue weighted by Gasteiger charge is -2.27. The summed E-state index contributed by atoms with van der Waals surface area (Å²) in [5, 5.41) is 10.2. The van der Waals surface area contributed by atoms with Gasteiger partial charge in [-0.3, -0.25) is 4.79 Å². The smallest absolute Gasteiger partial charge is 0.410 e. The number of benzene rings is 2. The summed E-state index contributed by atoms with van der Waals surface area (Å²) in [7, 11) is 0. The highest BCUT2D eigenvalue weighted by Crippen LogP contribution is 2.20. The number of carboxylic acids is 1. The number of rotatable bonds is 6. The number of aromatic carboxylic acids is 1. The Morgan fingerprint density at radius 2 is 1.68 bits per heavy atom. The maximum Gasteiger partial charge on any atom is 0.410 e. The maximum absolute atomic E-state index is 12.8. The van der Waals surface area contributed by atoms with Gasteiger partial charge in [0.1, 0.15) is 5.60 Å². The molecule has 162 valence electrons. The Morgan fingerprint density at radius 1 is 1.03 bits per heavy atom. The number of ether oxygens (including phenoxy) is 1. The summed E-state index contributed by atoms with van der Waals surface area (Å²) >= 11 is 0. The van der Waals surface area contributed by atoms with E-state index in [1.807, 2.05) is 30.3 Å². The molecule has 0 saturated carbocycles. The summed E-state index contributed by atoms with van der Waals surface area (Å²) in [6.45, 7) is 5.75. The molecule has 0 fully saturated rings. The Bertz CT molecular complexity index is 1150. The zero-order valence-corrected chi connectivity index (χ0v) is 17.8. The summed E-state index contributed by atoms with van der Waals surface area (Å²) in [5.41, 5.74) is 0.302. The number of H-pyrrole nitrogens is 1. The van der Waals surface area contributed by atoms with E-state index < -0.39 is 23.2 Å². The quantitative estimate of drug-likeness (QED) is 0.620. The Hall–Kier alpha value is -3.61. The molecular formula is C24H26N2O5. The van der Waals surface area contributed by atoms with Crippen LogP contribution in [-0.2, 0) is 17.7 Å². The predicted molar refractivity (Wildman–Crippen MR) is 118 cm³/mol. The Morgan fingerprint density at radius 3 is 2.32 bits per heavy atom. The highest BCUT2D eigenvalue weighted by Gasteiger charge is 2.24. The van der Waals surface area contributed by atoms with Crippen LogP contribution in [0.5, 0.6) is 0 Å². The van der Waals surface area contributed by atoms with Crippen LogP contribution in [0.25, 0.3) is 10.9 Å². The largest absolute Gasteiger partial charge is 0.478 e. The van der Waals surface area contributed by atoms with Gasteiger partial charge in [-0.05, 0) is 38.8 Å². The van der Waals surface area contributed by atoms with E-state index in [9.17, 15) is 19.5 Å². The molecule has 0 bridgehead atoms. The van der Waals surface area contributed by atoms with Crippen LogP contribution in [0, 0.1) is 0 Å². The van der Waals surface area contributed by atoms with Crippen molar-refractivity contribution in [3.63, 3.8) is 0 Å². The number of aromatic nitrogens is 1. The van der Waals surface area contributed by atoms with Crippen LogP contribution in [0.2, 0.25) is 0 Å². The fraction of sp³-hybridized carbons (Fsp3) is 0.292. The zero-order valence-electron chi connectivity index (χ0n) is 17.8. The van der Waals surface area contributed by atoms with Gasteiger partial charge in [-0.1, -0.05) is 48.5 Å². The van der Waals surface area contributed by atoms with Gasteiger partial charge >= 0.3 is 12.1 Å². The van der Waals surface area contributed by atoms with Crippen LogP contribution in [0.15, 0.2) is 59.4 Å². The minimum absolute atomic E-state index is 0.0387. The number of amides is 1. The van der Waals surface area contributed by atoms with Gasteiger partial charge in [0.2, 0.25) is 0 Å². The molecule has 0 aliphatic heterocycles. The minimum Gasteiger partial charge on any atom is -0.478 e. The molecule has 1 amide bonds. The molecule has 1 aromatic heterocycles. The number of pyridine rings is 1. The van der Waals surface area contributed by atoms with E-state index in [0.29, 0.717) is 10.9 Å². The first kappa shape index (κ1) is 22.1. The number of aromatic amines is 1. The van der Waals surface area contributed by atoms with Crippen LogP contribution in [0.1, 0.15) is 42.3 Å². The molecule has 31 heavy (non-hydrogen) atoms. The molecule has 2 aromatic carbocycles. The molecule has 0 spiro atoms. The molecule has 7 heteroatoms. The second kappa shape index (κ2) is 9.04. The summed E-state index contributed by atoms with van der Waals surface area (Å²) < 4.78 is 5.52. The van der Waals surface area contributed by atoms with Gasteiger partial charge in [-0.15, -0.1) is 0 Å². The standard InChI is InChI=1S/C24H26N2O5/c1-24(2,3)31-23(30)26(15-16-9-5-4-6-10-16)14-13-18-20(22(28)29)17-11-7-8-12-19(17)25-21(18)27/h4-12H,13-15H2,1-3H3,(H,25,27)(H,28,29). The lowest BCUT2D eigenvalue weighted by molar-refractivity contribution is 0.0235. The highest BCUT2D eigenvalue weighted by atomic mass is 16.6. The zero-order chi connectivity index (χ0) is 22.6. The van der Waals surface area contributed by atoms with Crippen molar-refractivity contribution in [3.8, 4) is 0 Å². The average molecular weight is 422 g/mol. The van der Waals surface area contributed by atoms with Crippen molar-refractivity contribution in [1.29, 1.82) is 0 Å².